The third-order valence-electron chi connectivity index (χ3n) is 3.00. The predicted octanol–water partition coefficient (Wildman–Crippen LogP) is 5.73. The summed E-state index contributed by atoms with van der Waals surface area (Å²) in [6.07, 6.45) is 1.77. The number of benzene rings is 2. The summed E-state index contributed by atoms with van der Waals surface area (Å²) in [7, 11) is 0. The van der Waals surface area contributed by atoms with Crippen molar-refractivity contribution >= 4 is 23.2 Å². The smallest absolute Gasteiger partial charge is 0.0585 e. The molecule has 0 N–H and O–H groups in total. The molecule has 0 aliphatic heterocycles. The molecule has 0 saturated carbocycles. The second kappa shape index (κ2) is 6.82. The van der Waals surface area contributed by atoms with Gasteiger partial charge in [-0.2, -0.15) is 0 Å². The second-order valence-electron chi connectivity index (χ2n) is 4.33. The highest BCUT2D eigenvalue weighted by Gasteiger charge is 2.12. The average Bonchev–Trinajstić information content (AvgIpc) is 2.46. The van der Waals surface area contributed by atoms with Gasteiger partial charge in [0.15, 0.2) is 0 Å². The van der Waals surface area contributed by atoms with Crippen molar-refractivity contribution in [1.29, 1.82) is 0 Å². The van der Waals surface area contributed by atoms with E-state index in [-0.39, 0.29) is 10.8 Å². The summed E-state index contributed by atoms with van der Waals surface area (Å²) in [5.74, 6) is 0. The van der Waals surface area contributed by atoms with E-state index >= 15 is 0 Å². The van der Waals surface area contributed by atoms with Crippen molar-refractivity contribution in [2.75, 3.05) is 0 Å². The summed E-state index contributed by atoms with van der Waals surface area (Å²) in [4.78, 5) is 0. The van der Waals surface area contributed by atoms with E-state index in [4.69, 9.17) is 23.2 Å². The van der Waals surface area contributed by atoms with Crippen LogP contribution in [0.5, 0.6) is 0 Å². The van der Waals surface area contributed by atoms with Gasteiger partial charge in [-0.05, 0) is 24.0 Å². The van der Waals surface area contributed by atoms with Crippen molar-refractivity contribution in [2.45, 2.75) is 23.6 Å². The van der Waals surface area contributed by atoms with Crippen LogP contribution in [-0.4, -0.2) is 0 Å². The number of hydrogen-bond acceptors (Lipinski definition) is 0. The number of alkyl halides is 2. The van der Waals surface area contributed by atoms with Gasteiger partial charge in [0.1, 0.15) is 0 Å². The van der Waals surface area contributed by atoms with E-state index in [2.05, 4.69) is 24.3 Å². The van der Waals surface area contributed by atoms with E-state index in [9.17, 15) is 0 Å². The molecular weight excluding hydrogens is 263 g/mol. The zero-order valence-corrected chi connectivity index (χ0v) is 11.6. The largest absolute Gasteiger partial charge is 0.118 e. The zero-order valence-electron chi connectivity index (χ0n) is 10.1. The summed E-state index contributed by atoms with van der Waals surface area (Å²) in [5, 5.41) is 0.0762. The SMILES string of the molecule is ClC(CCC(Cl)c1ccccc1)c1ccccc1. The Bertz CT molecular complexity index is 408. The molecule has 2 unspecified atom stereocenters. The van der Waals surface area contributed by atoms with E-state index in [1.807, 2.05) is 36.4 Å². The van der Waals surface area contributed by atoms with Crippen molar-refractivity contribution in [1.82, 2.24) is 0 Å². The summed E-state index contributed by atoms with van der Waals surface area (Å²) < 4.78 is 0. The fourth-order valence-electron chi connectivity index (χ4n) is 1.95. The number of halogens is 2. The van der Waals surface area contributed by atoms with E-state index in [0.29, 0.717) is 0 Å². The Morgan fingerprint density at radius 1 is 0.611 bits per heavy atom. The zero-order chi connectivity index (χ0) is 12.8. The van der Waals surface area contributed by atoms with Gasteiger partial charge in [0.25, 0.3) is 0 Å². The third kappa shape index (κ3) is 3.76. The van der Waals surface area contributed by atoms with Gasteiger partial charge in [-0.1, -0.05) is 60.7 Å². The monoisotopic (exact) mass is 278 g/mol. The van der Waals surface area contributed by atoms with Crippen LogP contribution in [-0.2, 0) is 0 Å². The molecule has 2 aromatic rings. The van der Waals surface area contributed by atoms with Crippen molar-refractivity contribution in [3.8, 4) is 0 Å². The second-order valence-corrected chi connectivity index (χ2v) is 5.39. The molecule has 0 spiro atoms. The normalized spacial score (nSPS) is 14.1. The average molecular weight is 279 g/mol. The topological polar surface area (TPSA) is 0 Å². The lowest BCUT2D eigenvalue weighted by Gasteiger charge is -2.13. The van der Waals surface area contributed by atoms with Crippen molar-refractivity contribution in [3.05, 3.63) is 71.8 Å². The van der Waals surface area contributed by atoms with E-state index < -0.39 is 0 Å². The van der Waals surface area contributed by atoms with Gasteiger partial charge in [-0.3, -0.25) is 0 Å². The molecule has 0 aromatic heterocycles. The van der Waals surface area contributed by atoms with Gasteiger partial charge in [-0.25, -0.2) is 0 Å². The Morgan fingerprint density at radius 2 is 0.944 bits per heavy atom. The van der Waals surface area contributed by atoms with Crippen LogP contribution in [0.25, 0.3) is 0 Å². The van der Waals surface area contributed by atoms with E-state index in [1.54, 1.807) is 0 Å². The highest BCUT2D eigenvalue weighted by Crippen LogP contribution is 2.32. The van der Waals surface area contributed by atoms with Gasteiger partial charge in [0.05, 0.1) is 10.8 Å². The highest BCUT2D eigenvalue weighted by atomic mass is 35.5. The van der Waals surface area contributed by atoms with Crippen LogP contribution in [0.15, 0.2) is 60.7 Å². The molecule has 0 radical (unpaired) electrons. The predicted molar refractivity (Wildman–Crippen MR) is 79.3 cm³/mol. The first-order chi connectivity index (χ1) is 8.77. The molecule has 0 heterocycles. The van der Waals surface area contributed by atoms with E-state index in [0.717, 1.165) is 24.0 Å². The fraction of sp³-hybridized carbons (Fsp3) is 0.250. The van der Waals surface area contributed by atoms with Gasteiger partial charge in [-0.15, -0.1) is 23.2 Å². The molecule has 2 heteroatoms. The maximum Gasteiger partial charge on any atom is 0.0585 e. The quantitative estimate of drug-likeness (QED) is 0.613. The number of rotatable bonds is 5. The molecule has 0 aliphatic carbocycles. The standard InChI is InChI=1S/C16H16Cl2/c17-15(13-7-3-1-4-8-13)11-12-16(18)14-9-5-2-6-10-14/h1-10,15-16H,11-12H2. The lowest BCUT2D eigenvalue weighted by atomic mass is 10.0. The molecule has 2 atom stereocenters. The molecule has 2 rings (SSSR count). The molecule has 0 nitrogen and oxygen atoms in total. The lowest BCUT2D eigenvalue weighted by molar-refractivity contribution is 0.700. The van der Waals surface area contributed by atoms with Gasteiger partial charge < -0.3 is 0 Å². The minimum absolute atomic E-state index is 0.0381. The first kappa shape index (κ1) is 13.5. The summed E-state index contributed by atoms with van der Waals surface area (Å²) in [5.41, 5.74) is 2.33. The van der Waals surface area contributed by atoms with Crippen molar-refractivity contribution in [2.24, 2.45) is 0 Å². The molecule has 2 aromatic carbocycles. The molecule has 0 amide bonds. The first-order valence-electron chi connectivity index (χ1n) is 6.15. The van der Waals surface area contributed by atoms with Gasteiger partial charge in [0, 0.05) is 0 Å². The molecule has 94 valence electrons. The molecule has 0 fully saturated rings. The van der Waals surface area contributed by atoms with Crippen LogP contribution in [0.4, 0.5) is 0 Å². The summed E-state index contributed by atoms with van der Waals surface area (Å²) in [6.45, 7) is 0. The summed E-state index contributed by atoms with van der Waals surface area (Å²) >= 11 is 12.8. The van der Waals surface area contributed by atoms with Crippen LogP contribution >= 0.6 is 23.2 Å². The Hall–Kier alpha value is -0.980. The van der Waals surface area contributed by atoms with Crippen LogP contribution < -0.4 is 0 Å². The molecule has 0 bridgehead atoms. The highest BCUT2D eigenvalue weighted by molar-refractivity contribution is 6.21. The molecule has 18 heavy (non-hydrogen) atoms. The minimum Gasteiger partial charge on any atom is -0.118 e. The Balaban J connectivity index is 1.89. The Kier molecular flexibility index (Phi) is 5.10. The Morgan fingerprint density at radius 3 is 1.28 bits per heavy atom. The van der Waals surface area contributed by atoms with Gasteiger partial charge >= 0.3 is 0 Å². The molecule has 0 aliphatic rings. The minimum atomic E-state index is 0.0381. The molecule has 0 saturated heterocycles. The van der Waals surface area contributed by atoms with Crippen LogP contribution in [0.2, 0.25) is 0 Å². The van der Waals surface area contributed by atoms with Crippen LogP contribution in [0.1, 0.15) is 34.7 Å². The Labute approximate surface area is 119 Å². The van der Waals surface area contributed by atoms with Crippen molar-refractivity contribution < 1.29 is 0 Å². The first-order valence-corrected chi connectivity index (χ1v) is 7.02. The lowest BCUT2D eigenvalue weighted by Crippen LogP contribution is -1.95. The van der Waals surface area contributed by atoms with Gasteiger partial charge in [0.2, 0.25) is 0 Å². The fourth-order valence-corrected chi connectivity index (χ4v) is 2.49. The van der Waals surface area contributed by atoms with Crippen LogP contribution in [0.3, 0.4) is 0 Å². The van der Waals surface area contributed by atoms with Crippen LogP contribution in [0, 0.1) is 0 Å². The summed E-state index contributed by atoms with van der Waals surface area (Å²) in [6, 6.07) is 20.3. The van der Waals surface area contributed by atoms with E-state index in [1.165, 1.54) is 0 Å². The maximum absolute atomic E-state index is 6.38. The van der Waals surface area contributed by atoms with Crippen molar-refractivity contribution in [3.63, 3.8) is 0 Å². The molecular formula is C16H16Cl2. The third-order valence-corrected chi connectivity index (χ3v) is 3.94. The number of hydrogen-bond donors (Lipinski definition) is 0. The maximum atomic E-state index is 6.38.